The van der Waals surface area contributed by atoms with Gasteiger partial charge in [0.2, 0.25) is 0 Å². The van der Waals surface area contributed by atoms with E-state index in [1.54, 1.807) is 7.11 Å². The minimum atomic E-state index is 0.0150. The minimum absolute atomic E-state index is 0.0150. The van der Waals surface area contributed by atoms with Gasteiger partial charge >= 0.3 is 0 Å². The number of fused-ring (bicyclic) bond motifs is 1. The second kappa shape index (κ2) is 12.9. The minimum Gasteiger partial charge on any atom is -0.491 e. The molecule has 0 radical (unpaired) electrons. The van der Waals surface area contributed by atoms with Crippen molar-refractivity contribution in [2.75, 3.05) is 40.0 Å². The number of para-hydroxylation sites is 1. The van der Waals surface area contributed by atoms with Crippen molar-refractivity contribution < 1.29 is 19.0 Å². The van der Waals surface area contributed by atoms with Crippen LogP contribution in [-0.4, -0.2) is 67.9 Å². The van der Waals surface area contributed by atoms with Crippen molar-refractivity contribution in [1.29, 1.82) is 0 Å². The van der Waals surface area contributed by atoms with Crippen LogP contribution in [0, 0.1) is 5.92 Å². The van der Waals surface area contributed by atoms with Gasteiger partial charge in [-0.15, -0.1) is 0 Å². The summed E-state index contributed by atoms with van der Waals surface area (Å²) in [5.41, 5.74) is 1.16. The topological polar surface area (TPSA) is 72.9 Å². The van der Waals surface area contributed by atoms with Gasteiger partial charge in [0, 0.05) is 37.2 Å². The molecule has 1 aromatic carbocycles. The van der Waals surface area contributed by atoms with E-state index in [9.17, 15) is 4.79 Å². The molecule has 0 unspecified atom stereocenters. The number of benzene rings is 1. The lowest BCUT2D eigenvalue weighted by molar-refractivity contribution is 0.0531. The fraction of sp³-hybridized carbons (Fsp3) is 0.667. The molecule has 0 bridgehead atoms. The van der Waals surface area contributed by atoms with Crippen LogP contribution in [0.25, 0.3) is 10.9 Å². The van der Waals surface area contributed by atoms with Gasteiger partial charge in [-0.05, 0) is 63.1 Å². The second-order valence-corrected chi connectivity index (χ2v) is 11.0. The molecule has 3 aliphatic rings. The van der Waals surface area contributed by atoms with Crippen molar-refractivity contribution in [1.82, 2.24) is 15.2 Å². The number of hydrogen-bond donors (Lipinski definition) is 1. The molecule has 2 saturated carbocycles. The molecule has 1 aromatic heterocycles. The van der Waals surface area contributed by atoms with E-state index in [0.717, 1.165) is 49.9 Å². The van der Waals surface area contributed by atoms with Crippen molar-refractivity contribution in [3.05, 3.63) is 30.0 Å². The summed E-state index contributed by atoms with van der Waals surface area (Å²) < 4.78 is 17.7. The van der Waals surface area contributed by atoms with Crippen molar-refractivity contribution >= 4 is 16.8 Å². The fourth-order valence-electron chi connectivity index (χ4n) is 6.35. The standard InChI is InChI=1S/C30H43N3O4/c1-35-17-18-36-28-19-26(30(34)33(23-11-5-6-12-23)24-13-8-16-31-20-24)32-29-25(28)14-7-15-27(29)37-21-22-9-3-2-4-10-22/h7,14-15,19,22-24,31H,2-6,8-13,16-18,20-21H2,1H3/t24-/m1/s1. The van der Waals surface area contributed by atoms with Crippen molar-refractivity contribution in [2.45, 2.75) is 82.7 Å². The summed E-state index contributed by atoms with van der Waals surface area (Å²) in [6, 6.07) is 8.30. The number of rotatable bonds is 10. The first kappa shape index (κ1) is 26.2. The lowest BCUT2D eigenvalue weighted by Gasteiger charge is -2.38. The molecule has 1 saturated heterocycles. The molecule has 7 heteroatoms. The second-order valence-electron chi connectivity index (χ2n) is 11.0. The zero-order valence-corrected chi connectivity index (χ0v) is 22.4. The number of pyridine rings is 1. The van der Waals surface area contributed by atoms with E-state index < -0.39 is 0 Å². The predicted octanol–water partition coefficient (Wildman–Crippen LogP) is 5.36. The molecule has 2 heterocycles. The Morgan fingerprint density at radius 1 is 0.946 bits per heavy atom. The molecule has 3 fully saturated rings. The molecule has 2 aliphatic carbocycles. The van der Waals surface area contributed by atoms with Crippen molar-refractivity contribution in [3.63, 3.8) is 0 Å². The summed E-state index contributed by atoms with van der Waals surface area (Å²) in [5, 5.41) is 4.38. The molecular formula is C30H43N3O4. The summed E-state index contributed by atoms with van der Waals surface area (Å²) in [4.78, 5) is 21.3. The highest BCUT2D eigenvalue weighted by Gasteiger charge is 2.35. The summed E-state index contributed by atoms with van der Waals surface area (Å²) in [6.07, 6.45) is 13.0. The zero-order chi connectivity index (χ0) is 25.5. The highest BCUT2D eigenvalue weighted by atomic mass is 16.5. The molecule has 7 nitrogen and oxygen atoms in total. The molecule has 202 valence electrons. The van der Waals surface area contributed by atoms with Crippen LogP contribution in [0.4, 0.5) is 0 Å². The van der Waals surface area contributed by atoms with Gasteiger partial charge in [0.1, 0.15) is 29.3 Å². The lowest BCUT2D eigenvalue weighted by atomic mass is 9.90. The molecule has 37 heavy (non-hydrogen) atoms. The lowest BCUT2D eigenvalue weighted by Crippen LogP contribution is -2.52. The first-order valence-corrected chi connectivity index (χ1v) is 14.5. The molecule has 1 aliphatic heterocycles. The van der Waals surface area contributed by atoms with Crippen LogP contribution >= 0.6 is 0 Å². The number of methoxy groups -OCH3 is 1. The quantitative estimate of drug-likeness (QED) is 0.435. The molecule has 1 atom stereocenters. The van der Waals surface area contributed by atoms with E-state index in [-0.39, 0.29) is 18.0 Å². The Labute approximate surface area is 221 Å². The number of ether oxygens (including phenoxy) is 3. The number of carbonyl (C=O) groups is 1. The van der Waals surface area contributed by atoms with Crippen LogP contribution in [0.15, 0.2) is 24.3 Å². The van der Waals surface area contributed by atoms with Gasteiger partial charge in [-0.1, -0.05) is 38.2 Å². The van der Waals surface area contributed by atoms with E-state index in [4.69, 9.17) is 19.2 Å². The maximum Gasteiger partial charge on any atom is 0.273 e. The third kappa shape index (κ3) is 6.37. The molecule has 1 amide bonds. The molecule has 5 rings (SSSR count). The van der Waals surface area contributed by atoms with E-state index >= 15 is 0 Å². The van der Waals surface area contributed by atoms with Crippen LogP contribution in [0.5, 0.6) is 11.5 Å². The van der Waals surface area contributed by atoms with E-state index in [0.29, 0.717) is 42.7 Å². The average Bonchev–Trinajstić information content (AvgIpc) is 3.47. The largest absolute Gasteiger partial charge is 0.491 e. The normalized spacial score (nSPS) is 21.3. The number of nitrogens with zero attached hydrogens (tertiary/aromatic N) is 2. The Hall–Kier alpha value is -2.38. The third-order valence-electron chi connectivity index (χ3n) is 8.34. The number of piperidine rings is 1. The fourth-order valence-corrected chi connectivity index (χ4v) is 6.35. The number of nitrogens with one attached hydrogen (secondary N) is 1. The molecule has 0 spiro atoms. The Kier molecular flexibility index (Phi) is 9.16. The Morgan fingerprint density at radius 3 is 2.49 bits per heavy atom. The summed E-state index contributed by atoms with van der Waals surface area (Å²) in [7, 11) is 1.66. The first-order valence-electron chi connectivity index (χ1n) is 14.5. The number of aromatic nitrogens is 1. The van der Waals surface area contributed by atoms with Crippen molar-refractivity contribution in [2.24, 2.45) is 5.92 Å². The van der Waals surface area contributed by atoms with Gasteiger partial charge in [-0.3, -0.25) is 4.79 Å². The molecular weight excluding hydrogens is 466 g/mol. The van der Waals surface area contributed by atoms with Crippen LogP contribution in [0.3, 0.4) is 0 Å². The van der Waals surface area contributed by atoms with Crippen molar-refractivity contribution in [3.8, 4) is 11.5 Å². The average molecular weight is 510 g/mol. The first-order chi connectivity index (χ1) is 18.2. The van der Waals surface area contributed by atoms with Gasteiger partial charge in [-0.2, -0.15) is 0 Å². The summed E-state index contributed by atoms with van der Waals surface area (Å²) in [6.45, 7) is 3.46. The van der Waals surface area contributed by atoms with Crippen LogP contribution < -0.4 is 14.8 Å². The number of hydrogen-bond acceptors (Lipinski definition) is 6. The van der Waals surface area contributed by atoms with Crippen LogP contribution in [0.1, 0.15) is 81.1 Å². The van der Waals surface area contributed by atoms with Gasteiger partial charge in [-0.25, -0.2) is 4.98 Å². The summed E-state index contributed by atoms with van der Waals surface area (Å²) >= 11 is 0. The zero-order valence-electron chi connectivity index (χ0n) is 22.4. The van der Waals surface area contributed by atoms with E-state index in [1.165, 1.54) is 44.9 Å². The van der Waals surface area contributed by atoms with Gasteiger partial charge < -0.3 is 24.4 Å². The Bertz CT molecular complexity index is 1030. The predicted molar refractivity (Wildman–Crippen MR) is 146 cm³/mol. The Morgan fingerprint density at radius 2 is 1.73 bits per heavy atom. The van der Waals surface area contributed by atoms with E-state index in [2.05, 4.69) is 10.2 Å². The maximum absolute atomic E-state index is 14.2. The number of carbonyl (C=O) groups excluding carboxylic acids is 1. The smallest absolute Gasteiger partial charge is 0.273 e. The highest BCUT2D eigenvalue weighted by molar-refractivity contribution is 5.99. The van der Waals surface area contributed by atoms with Crippen LogP contribution in [-0.2, 0) is 4.74 Å². The van der Waals surface area contributed by atoms with E-state index in [1.807, 2.05) is 24.3 Å². The monoisotopic (exact) mass is 509 g/mol. The summed E-state index contributed by atoms with van der Waals surface area (Å²) in [5.74, 6) is 2.01. The highest BCUT2D eigenvalue weighted by Crippen LogP contribution is 2.35. The van der Waals surface area contributed by atoms with Gasteiger partial charge in [0.15, 0.2) is 0 Å². The van der Waals surface area contributed by atoms with Crippen LogP contribution in [0.2, 0.25) is 0 Å². The SMILES string of the molecule is COCCOc1cc(C(=O)N(C2CCCC2)[C@@H]2CCCNC2)nc2c(OCC3CCCCC3)cccc12. The molecule has 2 aromatic rings. The molecule has 1 N–H and O–H groups in total. The Balaban J connectivity index is 1.48. The number of amides is 1. The third-order valence-corrected chi connectivity index (χ3v) is 8.34. The van der Waals surface area contributed by atoms with Gasteiger partial charge in [0.05, 0.1) is 13.2 Å². The maximum atomic E-state index is 14.2. The van der Waals surface area contributed by atoms with Gasteiger partial charge in [0.25, 0.3) is 5.91 Å².